The van der Waals surface area contributed by atoms with E-state index in [1.54, 1.807) is 0 Å². The van der Waals surface area contributed by atoms with E-state index in [1.165, 1.54) is 0 Å². The molecule has 0 atom stereocenters. The zero-order valence-corrected chi connectivity index (χ0v) is 13.9. The summed E-state index contributed by atoms with van der Waals surface area (Å²) < 4.78 is 3.99. The van der Waals surface area contributed by atoms with Crippen molar-refractivity contribution in [3.05, 3.63) is 102 Å². The van der Waals surface area contributed by atoms with Crippen LogP contribution in [0.2, 0.25) is 0 Å². The number of hydrogen-bond donors (Lipinski definition) is 0. The second-order valence-electron chi connectivity index (χ2n) is 5.71. The molecule has 4 rings (SSSR count). The first-order chi connectivity index (χ1) is 12.3. The zero-order chi connectivity index (χ0) is 17.1. The van der Waals surface area contributed by atoms with Crippen molar-refractivity contribution in [2.24, 2.45) is 4.99 Å². The highest BCUT2D eigenvalue weighted by Gasteiger charge is 2.17. The molecule has 0 N–H and O–H groups in total. The lowest BCUT2D eigenvalue weighted by Crippen LogP contribution is -2.39. The van der Waals surface area contributed by atoms with E-state index in [9.17, 15) is 0 Å². The van der Waals surface area contributed by atoms with E-state index in [4.69, 9.17) is 10.1 Å². The first-order valence-corrected chi connectivity index (χ1v) is 8.22. The summed E-state index contributed by atoms with van der Waals surface area (Å²) in [5, 5.41) is 4.76. The first-order valence-electron chi connectivity index (χ1n) is 8.22. The maximum Gasteiger partial charge on any atom is 0.273 e. The average Bonchev–Trinajstić information content (AvgIpc) is 3.00. The SMILES string of the molecule is Cc1n(-c2ccccc2)c(=Nc2ccccc2)[n-][n+]1-c1ccccc1. The summed E-state index contributed by atoms with van der Waals surface area (Å²) in [7, 11) is 0. The third-order valence-corrected chi connectivity index (χ3v) is 4.02. The van der Waals surface area contributed by atoms with Crippen LogP contribution in [0.5, 0.6) is 0 Å². The summed E-state index contributed by atoms with van der Waals surface area (Å²) in [5.41, 5.74) is 3.58. The van der Waals surface area contributed by atoms with Crippen LogP contribution in [0.15, 0.2) is 96.0 Å². The smallest absolute Gasteiger partial charge is 0.273 e. The molecule has 4 heteroatoms. The fraction of sp³-hybridized carbons (Fsp3) is 0.0476. The van der Waals surface area contributed by atoms with Gasteiger partial charge in [-0.1, -0.05) is 66.7 Å². The molecular formula is C21H18N4. The average molecular weight is 326 g/mol. The second-order valence-corrected chi connectivity index (χ2v) is 5.71. The number of aromatic nitrogens is 3. The number of rotatable bonds is 3. The van der Waals surface area contributed by atoms with Crippen molar-refractivity contribution in [1.82, 2.24) is 9.67 Å². The van der Waals surface area contributed by atoms with Gasteiger partial charge in [0.1, 0.15) is 11.4 Å². The van der Waals surface area contributed by atoms with Gasteiger partial charge in [0, 0.05) is 6.92 Å². The highest BCUT2D eigenvalue weighted by atomic mass is 15.4. The van der Waals surface area contributed by atoms with Gasteiger partial charge in [0.05, 0.1) is 0 Å². The van der Waals surface area contributed by atoms with E-state index in [-0.39, 0.29) is 0 Å². The standard InChI is InChI=1S/C21H18N4/c1-17-24(19-13-7-3-8-14-19)21(22-18-11-5-2-6-12-18)23-25(17)20-15-9-4-10-16-20/h2-16H,1H3. The molecule has 25 heavy (non-hydrogen) atoms. The van der Waals surface area contributed by atoms with Gasteiger partial charge in [0.25, 0.3) is 5.82 Å². The third-order valence-electron chi connectivity index (χ3n) is 4.02. The van der Waals surface area contributed by atoms with Crippen molar-refractivity contribution in [3.8, 4) is 11.4 Å². The van der Waals surface area contributed by atoms with Crippen molar-refractivity contribution < 1.29 is 4.68 Å². The van der Waals surface area contributed by atoms with Crippen molar-refractivity contribution in [2.45, 2.75) is 6.92 Å². The Balaban J connectivity index is 1.98. The normalized spacial score (nSPS) is 11.6. The molecule has 0 radical (unpaired) electrons. The van der Waals surface area contributed by atoms with Crippen LogP contribution in [-0.2, 0) is 0 Å². The Kier molecular flexibility index (Phi) is 4.01. The maximum atomic E-state index is 4.76. The Bertz CT molecular complexity index is 1030. The minimum atomic E-state index is 0.652. The molecule has 4 nitrogen and oxygen atoms in total. The van der Waals surface area contributed by atoms with Crippen LogP contribution >= 0.6 is 0 Å². The summed E-state index contributed by atoms with van der Waals surface area (Å²) in [4.78, 5) is 4.76. The molecular weight excluding hydrogens is 308 g/mol. The van der Waals surface area contributed by atoms with Crippen molar-refractivity contribution in [2.75, 3.05) is 0 Å². The van der Waals surface area contributed by atoms with E-state index in [0.717, 1.165) is 22.9 Å². The molecule has 0 aliphatic heterocycles. The van der Waals surface area contributed by atoms with Gasteiger partial charge >= 0.3 is 0 Å². The highest BCUT2D eigenvalue weighted by Crippen LogP contribution is 2.10. The molecule has 0 aliphatic carbocycles. The number of para-hydroxylation sites is 3. The summed E-state index contributed by atoms with van der Waals surface area (Å²) in [5.74, 6) is 0.993. The van der Waals surface area contributed by atoms with Crippen LogP contribution in [0.25, 0.3) is 11.4 Å². The predicted molar refractivity (Wildman–Crippen MR) is 97.0 cm³/mol. The van der Waals surface area contributed by atoms with Crippen molar-refractivity contribution in [3.63, 3.8) is 0 Å². The van der Waals surface area contributed by atoms with Gasteiger partial charge in [-0.15, -0.1) is 0 Å². The zero-order valence-electron chi connectivity index (χ0n) is 13.9. The number of hydrogen-bond acceptors (Lipinski definition) is 1. The van der Waals surface area contributed by atoms with E-state index in [2.05, 4.69) is 23.6 Å². The van der Waals surface area contributed by atoms with Crippen LogP contribution in [-0.4, -0.2) is 4.57 Å². The minimum Gasteiger partial charge on any atom is -0.323 e. The quantitative estimate of drug-likeness (QED) is 0.532. The number of benzene rings is 3. The van der Waals surface area contributed by atoms with Gasteiger partial charge < -0.3 is 4.99 Å². The number of nitrogens with zero attached hydrogens (tertiary/aromatic N) is 4. The Morgan fingerprint density at radius 3 is 1.96 bits per heavy atom. The molecule has 122 valence electrons. The van der Waals surface area contributed by atoms with E-state index in [1.807, 2.05) is 83.5 Å². The Morgan fingerprint density at radius 2 is 1.32 bits per heavy atom. The van der Waals surface area contributed by atoms with Crippen LogP contribution < -0.4 is 15.4 Å². The van der Waals surface area contributed by atoms with Crippen molar-refractivity contribution >= 4 is 5.69 Å². The Hall–Kier alpha value is -3.40. The highest BCUT2D eigenvalue weighted by molar-refractivity contribution is 5.36. The fourth-order valence-corrected chi connectivity index (χ4v) is 2.83. The minimum absolute atomic E-state index is 0.652. The van der Waals surface area contributed by atoms with Gasteiger partial charge in [-0.05, 0) is 30.0 Å². The predicted octanol–water partition coefficient (Wildman–Crippen LogP) is 3.25. The molecule has 0 unspecified atom stereocenters. The van der Waals surface area contributed by atoms with Crippen LogP contribution in [0, 0.1) is 6.92 Å². The van der Waals surface area contributed by atoms with E-state index < -0.39 is 0 Å². The largest absolute Gasteiger partial charge is 0.323 e. The van der Waals surface area contributed by atoms with Gasteiger partial charge in [0.2, 0.25) is 5.62 Å². The third kappa shape index (κ3) is 3.02. The summed E-state index contributed by atoms with van der Waals surface area (Å²) in [6.45, 7) is 2.05. The molecule has 0 aliphatic rings. The monoisotopic (exact) mass is 326 g/mol. The molecule has 0 fully saturated rings. The lowest BCUT2D eigenvalue weighted by molar-refractivity contribution is -0.669. The fourth-order valence-electron chi connectivity index (χ4n) is 2.83. The van der Waals surface area contributed by atoms with E-state index in [0.29, 0.717) is 5.62 Å². The van der Waals surface area contributed by atoms with E-state index >= 15 is 0 Å². The van der Waals surface area contributed by atoms with Gasteiger partial charge in [-0.2, -0.15) is 14.3 Å². The lowest BCUT2D eigenvalue weighted by atomic mass is 10.3. The van der Waals surface area contributed by atoms with Crippen LogP contribution in [0.3, 0.4) is 0 Å². The topological polar surface area (TPSA) is 35.3 Å². The maximum absolute atomic E-state index is 4.76. The molecule has 0 spiro atoms. The summed E-state index contributed by atoms with van der Waals surface area (Å²) in [6, 6.07) is 30.2. The first kappa shape index (κ1) is 15.1. The molecule has 1 aromatic heterocycles. The van der Waals surface area contributed by atoms with Crippen molar-refractivity contribution in [1.29, 1.82) is 0 Å². The summed E-state index contributed by atoms with van der Waals surface area (Å²) in [6.07, 6.45) is 0. The lowest BCUT2D eigenvalue weighted by Gasteiger charge is -2.01. The molecule has 0 bridgehead atoms. The molecule has 4 aromatic rings. The van der Waals surface area contributed by atoms with Gasteiger partial charge in [0.15, 0.2) is 0 Å². The molecule has 0 saturated heterocycles. The molecule has 0 saturated carbocycles. The summed E-state index contributed by atoms with van der Waals surface area (Å²) >= 11 is 0. The second kappa shape index (κ2) is 6.61. The van der Waals surface area contributed by atoms with Crippen LogP contribution in [0.4, 0.5) is 5.69 Å². The van der Waals surface area contributed by atoms with Gasteiger partial charge in [-0.3, -0.25) is 0 Å². The molecule has 0 amide bonds. The van der Waals surface area contributed by atoms with Crippen LogP contribution in [0.1, 0.15) is 5.82 Å². The Labute approximate surface area is 146 Å². The van der Waals surface area contributed by atoms with Gasteiger partial charge in [-0.25, -0.2) is 0 Å². The Morgan fingerprint density at radius 1 is 0.760 bits per heavy atom. The molecule has 1 heterocycles. The molecule has 3 aromatic carbocycles.